The molecular weight excluding hydrogens is 278 g/mol. The lowest BCUT2D eigenvalue weighted by Crippen LogP contribution is -2.64. The molecule has 5 nitrogen and oxygen atoms in total. The maximum atomic E-state index is 9.94. The second kappa shape index (κ2) is 7.14. The number of piperidine rings is 1. The lowest BCUT2D eigenvalue weighted by atomic mass is 9.79. The van der Waals surface area contributed by atoms with Crippen LogP contribution < -0.4 is 5.32 Å². The number of hydroxylamine groups is 2. The van der Waals surface area contributed by atoms with E-state index >= 15 is 0 Å². The molecule has 0 radical (unpaired) electrons. The third-order valence-electron chi connectivity index (χ3n) is 4.13. The molecule has 0 aliphatic carbocycles. The topological polar surface area (TPSA) is 48.0 Å². The first-order valence-electron chi connectivity index (χ1n) is 8.37. The molecular formula is C17H37N3O2. The van der Waals surface area contributed by atoms with Crippen molar-refractivity contribution in [3.63, 3.8) is 0 Å². The van der Waals surface area contributed by atoms with Crippen LogP contribution in [-0.4, -0.2) is 71.6 Å². The molecule has 0 aromatic heterocycles. The molecule has 0 spiro atoms. The average molecular weight is 316 g/mol. The fraction of sp³-hybridized carbons (Fsp3) is 1.00. The highest BCUT2D eigenvalue weighted by atomic mass is 16.7. The quantitative estimate of drug-likeness (QED) is 0.751. The summed E-state index contributed by atoms with van der Waals surface area (Å²) in [6.07, 6.45) is 2.07. The minimum absolute atomic E-state index is 0.0667. The van der Waals surface area contributed by atoms with Crippen LogP contribution in [0.5, 0.6) is 0 Å². The molecule has 5 heteroatoms. The number of hydrogen-bond donors (Lipinski definition) is 2. The summed E-state index contributed by atoms with van der Waals surface area (Å²) in [6.45, 7) is 14.8. The Kier molecular flexibility index (Phi) is 6.44. The van der Waals surface area contributed by atoms with Gasteiger partial charge in [-0.1, -0.05) is 0 Å². The standard InChI is InChI=1S/C17H37N3O2/c1-15(2)11-14(18-9-10-19(7)8)12-16(3,4)20(15)22-13-17(5,6)21/h14,18,21H,9-13H2,1-8H3. The van der Waals surface area contributed by atoms with Gasteiger partial charge in [-0.25, -0.2) is 0 Å². The predicted octanol–water partition coefficient (Wildman–Crippen LogP) is 1.86. The Morgan fingerprint density at radius 3 is 2.09 bits per heavy atom. The van der Waals surface area contributed by atoms with Gasteiger partial charge in [0.05, 0.1) is 12.2 Å². The van der Waals surface area contributed by atoms with Crippen LogP contribution in [-0.2, 0) is 4.84 Å². The van der Waals surface area contributed by atoms with Crippen molar-refractivity contribution in [3.05, 3.63) is 0 Å². The van der Waals surface area contributed by atoms with Crippen LogP contribution in [0.15, 0.2) is 0 Å². The molecule has 22 heavy (non-hydrogen) atoms. The van der Waals surface area contributed by atoms with Crippen molar-refractivity contribution in [3.8, 4) is 0 Å². The van der Waals surface area contributed by atoms with Crippen molar-refractivity contribution >= 4 is 0 Å². The highest BCUT2D eigenvalue weighted by molar-refractivity contribution is 4.99. The van der Waals surface area contributed by atoms with Crippen molar-refractivity contribution in [2.24, 2.45) is 0 Å². The lowest BCUT2D eigenvalue weighted by Gasteiger charge is -2.54. The third kappa shape index (κ3) is 6.13. The molecule has 1 fully saturated rings. The zero-order valence-corrected chi connectivity index (χ0v) is 15.9. The minimum atomic E-state index is -0.813. The van der Waals surface area contributed by atoms with Crippen LogP contribution >= 0.6 is 0 Å². The minimum Gasteiger partial charge on any atom is -0.388 e. The van der Waals surface area contributed by atoms with E-state index in [2.05, 4.69) is 57.1 Å². The van der Waals surface area contributed by atoms with E-state index in [-0.39, 0.29) is 11.1 Å². The Balaban J connectivity index is 2.67. The largest absolute Gasteiger partial charge is 0.388 e. The molecule has 0 aromatic rings. The van der Waals surface area contributed by atoms with Crippen LogP contribution in [0, 0.1) is 0 Å². The van der Waals surface area contributed by atoms with Crippen molar-refractivity contribution in [2.45, 2.75) is 77.1 Å². The molecule has 1 aliphatic rings. The van der Waals surface area contributed by atoms with Gasteiger partial charge in [0.2, 0.25) is 0 Å². The maximum absolute atomic E-state index is 9.94. The Bertz CT molecular complexity index is 330. The summed E-state index contributed by atoms with van der Waals surface area (Å²) in [5.41, 5.74) is -0.946. The first kappa shape index (κ1) is 19.8. The molecule has 0 unspecified atom stereocenters. The zero-order valence-electron chi connectivity index (χ0n) is 15.9. The van der Waals surface area contributed by atoms with E-state index in [1.54, 1.807) is 13.8 Å². The van der Waals surface area contributed by atoms with Gasteiger partial charge in [-0.05, 0) is 68.5 Å². The van der Waals surface area contributed by atoms with Gasteiger partial charge in [0.15, 0.2) is 0 Å². The summed E-state index contributed by atoms with van der Waals surface area (Å²) in [5.74, 6) is 0. The molecule has 2 N–H and O–H groups in total. The van der Waals surface area contributed by atoms with Crippen molar-refractivity contribution in [1.82, 2.24) is 15.3 Å². The molecule has 0 saturated carbocycles. The summed E-state index contributed by atoms with van der Waals surface area (Å²) in [7, 11) is 4.20. The Hall–Kier alpha value is -0.200. The molecule has 0 atom stereocenters. The monoisotopic (exact) mass is 315 g/mol. The van der Waals surface area contributed by atoms with Gasteiger partial charge in [-0.2, -0.15) is 5.06 Å². The number of hydrogen-bond acceptors (Lipinski definition) is 5. The molecule has 132 valence electrons. The van der Waals surface area contributed by atoms with Gasteiger partial charge in [0.1, 0.15) is 0 Å². The number of nitrogens with zero attached hydrogens (tertiary/aromatic N) is 2. The summed E-state index contributed by atoms with van der Waals surface area (Å²) >= 11 is 0. The van der Waals surface area contributed by atoms with E-state index in [4.69, 9.17) is 4.84 Å². The van der Waals surface area contributed by atoms with Gasteiger partial charge < -0.3 is 15.3 Å². The second-order valence-electron chi connectivity index (χ2n) is 8.87. The molecule has 1 heterocycles. The van der Waals surface area contributed by atoms with Crippen LogP contribution in [0.4, 0.5) is 0 Å². The number of rotatable bonds is 7. The first-order chi connectivity index (χ1) is 9.83. The number of nitrogens with one attached hydrogen (secondary N) is 1. The molecule has 0 aromatic carbocycles. The third-order valence-corrected chi connectivity index (χ3v) is 4.13. The van der Waals surface area contributed by atoms with E-state index < -0.39 is 5.60 Å². The predicted molar refractivity (Wildman–Crippen MR) is 91.8 cm³/mol. The van der Waals surface area contributed by atoms with Crippen molar-refractivity contribution < 1.29 is 9.94 Å². The summed E-state index contributed by atoms with van der Waals surface area (Å²) in [4.78, 5) is 8.22. The molecule has 0 amide bonds. The fourth-order valence-electron chi connectivity index (χ4n) is 3.47. The van der Waals surface area contributed by atoms with Crippen molar-refractivity contribution in [1.29, 1.82) is 0 Å². The zero-order chi connectivity index (χ0) is 17.2. The van der Waals surface area contributed by atoms with Crippen LogP contribution in [0.25, 0.3) is 0 Å². The normalized spacial score (nSPS) is 23.2. The summed E-state index contributed by atoms with van der Waals surface area (Å²) in [6, 6.07) is 0.493. The Morgan fingerprint density at radius 1 is 1.18 bits per heavy atom. The second-order valence-corrected chi connectivity index (χ2v) is 8.87. The van der Waals surface area contributed by atoms with Gasteiger partial charge in [0.25, 0.3) is 0 Å². The lowest BCUT2D eigenvalue weighted by molar-refractivity contribution is -0.299. The van der Waals surface area contributed by atoms with E-state index in [1.807, 2.05) is 0 Å². The maximum Gasteiger partial charge on any atom is 0.0967 e. The molecule has 1 rings (SSSR count). The molecule has 1 aliphatic heterocycles. The van der Waals surface area contributed by atoms with E-state index in [0.717, 1.165) is 25.9 Å². The average Bonchev–Trinajstić information content (AvgIpc) is 2.22. The van der Waals surface area contributed by atoms with Crippen LogP contribution in [0.3, 0.4) is 0 Å². The summed E-state index contributed by atoms with van der Waals surface area (Å²) < 4.78 is 0. The Labute approximate surface area is 137 Å². The van der Waals surface area contributed by atoms with Gasteiger partial charge in [0, 0.05) is 30.2 Å². The van der Waals surface area contributed by atoms with E-state index in [9.17, 15) is 5.11 Å². The van der Waals surface area contributed by atoms with Gasteiger partial charge >= 0.3 is 0 Å². The van der Waals surface area contributed by atoms with Crippen molar-refractivity contribution in [2.75, 3.05) is 33.8 Å². The van der Waals surface area contributed by atoms with Gasteiger partial charge in [-0.3, -0.25) is 4.84 Å². The number of aliphatic hydroxyl groups is 1. The Morgan fingerprint density at radius 2 is 1.68 bits per heavy atom. The fourth-order valence-corrected chi connectivity index (χ4v) is 3.47. The molecule has 0 bridgehead atoms. The summed E-state index contributed by atoms with van der Waals surface area (Å²) in [5, 5.41) is 15.7. The highest BCUT2D eigenvalue weighted by Crippen LogP contribution is 2.38. The highest BCUT2D eigenvalue weighted by Gasteiger charge is 2.46. The number of likely N-dealkylation sites (N-methyl/N-ethyl adjacent to an activating group) is 1. The van der Waals surface area contributed by atoms with E-state index in [0.29, 0.717) is 12.6 Å². The van der Waals surface area contributed by atoms with Crippen LogP contribution in [0.1, 0.15) is 54.4 Å². The molecule has 1 saturated heterocycles. The SMILES string of the molecule is CN(C)CCNC1CC(C)(C)N(OCC(C)(C)O)C(C)(C)C1. The first-order valence-corrected chi connectivity index (χ1v) is 8.37. The van der Waals surface area contributed by atoms with Crippen LogP contribution in [0.2, 0.25) is 0 Å². The van der Waals surface area contributed by atoms with E-state index in [1.165, 1.54) is 0 Å². The smallest absolute Gasteiger partial charge is 0.0967 e. The van der Waals surface area contributed by atoms with Gasteiger partial charge in [-0.15, -0.1) is 0 Å².